The first kappa shape index (κ1) is 13.2. The Morgan fingerprint density at radius 1 is 1.65 bits per heavy atom. The van der Waals surface area contributed by atoms with Gasteiger partial charge < -0.3 is 15.6 Å². The fourth-order valence-electron chi connectivity index (χ4n) is 1.70. The lowest BCUT2D eigenvalue weighted by Gasteiger charge is -2.14. The minimum absolute atomic E-state index is 0.121. The van der Waals surface area contributed by atoms with E-state index in [1.807, 2.05) is 0 Å². The van der Waals surface area contributed by atoms with Crippen LogP contribution in [0.4, 0.5) is 0 Å². The largest absolute Gasteiger partial charge is 0.481 e. The molecule has 0 fully saturated rings. The van der Waals surface area contributed by atoms with Crippen molar-refractivity contribution in [3.8, 4) is 0 Å². The standard InChI is InChI=1S/C10H15N3O4/c1-13-9(6(4-11)3-8(14)15)7(5-12-13)10(16)17-2/h5-6H,3-4,11H2,1-2H3,(H,14,15). The van der Waals surface area contributed by atoms with Gasteiger partial charge in [-0.15, -0.1) is 0 Å². The number of esters is 1. The van der Waals surface area contributed by atoms with Gasteiger partial charge in [0.25, 0.3) is 0 Å². The third-order valence-electron chi connectivity index (χ3n) is 2.48. The van der Waals surface area contributed by atoms with Crippen LogP contribution < -0.4 is 5.73 Å². The molecule has 0 aromatic carbocycles. The van der Waals surface area contributed by atoms with Crippen LogP contribution in [0.3, 0.4) is 0 Å². The van der Waals surface area contributed by atoms with Crippen molar-refractivity contribution < 1.29 is 19.4 Å². The second-order valence-electron chi connectivity index (χ2n) is 3.59. The predicted molar refractivity (Wildman–Crippen MR) is 58.6 cm³/mol. The van der Waals surface area contributed by atoms with Gasteiger partial charge in [-0.25, -0.2) is 4.79 Å². The Hall–Kier alpha value is -1.89. The highest BCUT2D eigenvalue weighted by atomic mass is 16.5. The van der Waals surface area contributed by atoms with Crippen molar-refractivity contribution in [1.82, 2.24) is 9.78 Å². The molecule has 1 rings (SSSR count). The van der Waals surface area contributed by atoms with Crippen molar-refractivity contribution in [3.05, 3.63) is 17.5 Å². The maximum Gasteiger partial charge on any atom is 0.341 e. The van der Waals surface area contributed by atoms with Crippen LogP contribution in [-0.4, -0.2) is 40.5 Å². The van der Waals surface area contributed by atoms with Crippen LogP contribution in [0.5, 0.6) is 0 Å². The van der Waals surface area contributed by atoms with Gasteiger partial charge in [0, 0.05) is 19.5 Å². The van der Waals surface area contributed by atoms with E-state index in [4.69, 9.17) is 10.8 Å². The lowest BCUT2D eigenvalue weighted by atomic mass is 9.98. The Morgan fingerprint density at radius 2 is 2.29 bits per heavy atom. The molecule has 1 aromatic rings. The molecular formula is C10H15N3O4. The first-order valence-electron chi connectivity index (χ1n) is 5.03. The molecule has 7 heteroatoms. The molecular weight excluding hydrogens is 226 g/mol. The van der Waals surface area contributed by atoms with Crippen LogP contribution in [0.2, 0.25) is 0 Å². The van der Waals surface area contributed by atoms with E-state index < -0.39 is 17.9 Å². The molecule has 0 spiro atoms. The summed E-state index contributed by atoms with van der Waals surface area (Å²) in [5, 5.41) is 12.7. The molecule has 0 saturated carbocycles. The van der Waals surface area contributed by atoms with Gasteiger partial charge in [0.2, 0.25) is 0 Å². The number of ether oxygens (including phenoxy) is 1. The normalized spacial score (nSPS) is 12.2. The zero-order valence-electron chi connectivity index (χ0n) is 9.71. The molecule has 3 N–H and O–H groups in total. The molecule has 7 nitrogen and oxygen atoms in total. The van der Waals surface area contributed by atoms with Crippen LogP contribution in [-0.2, 0) is 16.6 Å². The fourth-order valence-corrected chi connectivity index (χ4v) is 1.70. The van der Waals surface area contributed by atoms with Crippen molar-refractivity contribution in [2.24, 2.45) is 12.8 Å². The highest BCUT2D eigenvalue weighted by molar-refractivity contribution is 5.90. The summed E-state index contributed by atoms with van der Waals surface area (Å²) in [6.45, 7) is 0.121. The lowest BCUT2D eigenvalue weighted by molar-refractivity contribution is -0.137. The summed E-state index contributed by atoms with van der Waals surface area (Å²) in [4.78, 5) is 22.2. The highest BCUT2D eigenvalue weighted by Gasteiger charge is 2.25. The van der Waals surface area contributed by atoms with Gasteiger partial charge in [-0.05, 0) is 0 Å². The van der Waals surface area contributed by atoms with Crippen molar-refractivity contribution in [3.63, 3.8) is 0 Å². The summed E-state index contributed by atoms with van der Waals surface area (Å²) in [6.07, 6.45) is 1.20. The molecule has 0 amide bonds. The number of rotatable bonds is 5. The summed E-state index contributed by atoms with van der Waals surface area (Å²) in [5.74, 6) is -1.98. The summed E-state index contributed by atoms with van der Waals surface area (Å²) in [7, 11) is 2.89. The van der Waals surface area contributed by atoms with E-state index in [0.29, 0.717) is 5.69 Å². The Morgan fingerprint density at radius 3 is 2.76 bits per heavy atom. The summed E-state index contributed by atoms with van der Waals surface area (Å²) in [6, 6.07) is 0. The number of methoxy groups -OCH3 is 1. The topological polar surface area (TPSA) is 107 Å². The Balaban J connectivity index is 3.13. The van der Waals surface area contributed by atoms with E-state index in [0.717, 1.165) is 0 Å². The maximum atomic E-state index is 11.5. The third kappa shape index (κ3) is 2.82. The average molecular weight is 241 g/mol. The summed E-state index contributed by atoms with van der Waals surface area (Å²) < 4.78 is 6.06. The molecule has 1 unspecified atom stereocenters. The highest BCUT2D eigenvalue weighted by Crippen LogP contribution is 2.22. The number of aryl methyl sites for hydroxylation is 1. The van der Waals surface area contributed by atoms with Crippen molar-refractivity contribution in [1.29, 1.82) is 0 Å². The maximum absolute atomic E-state index is 11.5. The molecule has 0 saturated heterocycles. The van der Waals surface area contributed by atoms with Gasteiger partial charge in [0.15, 0.2) is 0 Å². The minimum atomic E-state index is -0.975. The Kier molecular flexibility index (Phi) is 4.22. The predicted octanol–water partition coefficient (Wildman–Crippen LogP) is -0.276. The molecule has 94 valence electrons. The van der Waals surface area contributed by atoms with Crippen LogP contribution in [0, 0.1) is 0 Å². The Bertz CT molecular complexity index is 427. The fraction of sp³-hybridized carbons (Fsp3) is 0.500. The van der Waals surface area contributed by atoms with Gasteiger partial charge in [-0.1, -0.05) is 0 Å². The number of hydrogen-bond donors (Lipinski definition) is 2. The van der Waals surface area contributed by atoms with Crippen LogP contribution in [0.25, 0.3) is 0 Å². The average Bonchev–Trinajstić information content (AvgIpc) is 2.66. The number of carbonyl (C=O) groups excluding carboxylic acids is 1. The smallest absolute Gasteiger partial charge is 0.341 e. The first-order valence-corrected chi connectivity index (χ1v) is 5.03. The van der Waals surface area contributed by atoms with Gasteiger partial charge in [-0.2, -0.15) is 5.10 Å². The van der Waals surface area contributed by atoms with Crippen molar-refractivity contribution in [2.75, 3.05) is 13.7 Å². The molecule has 0 bridgehead atoms. The van der Waals surface area contributed by atoms with E-state index in [2.05, 4.69) is 9.84 Å². The van der Waals surface area contributed by atoms with E-state index in [9.17, 15) is 9.59 Å². The second kappa shape index (κ2) is 5.44. The first-order chi connectivity index (χ1) is 8.01. The molecule has 1 heterocycles. The van der Waals surface area contributed by atoms with Crippen LogP contribution in [0.15, 0.2) is 6.20 Å². The van der Waals surface area contributed by atoms with E-state index >= 15 is 0 Å². The quantitative estimate of drug-likeness (QED) is 0.687. The number of nitrogens with two attached hydrogens (primary N) is 1. The minimum Gasteiger partial charge on any atom is -0.481 e. The molecule has 0 radical (unpaired) electrons. The number of carboxylic acid groups (broad SMARTS) is 1. The van der Waals surface area contributed by atoms with E-state index in [-0.39, 0.29) is 18.5 Å². The lowest BCUT2D eigenvalue weighted by Crippen LogP contribution is -2.21. The number of aromatic nitrogens is 2. The van der Waals surface area contributed by atoms with Crippen LogP contribution >= 0.6 is 0 Å². The van der Waals surface area contributed by atoms with Crippen LogP contribution in [0.1, 0.15) is 28.4 Å². The molecule has 1 atom stereocenters. The summed E-state index contributed by atoms with van der Waals surface area (Å²) >= 11 is 0. The molecule has 1 aromatic heterocycles. The third-order valence-corrected chi connectivity index (χ3v) is 2.48. The molecule has 0 aliphatic heterocycles. The van der Waals surface area contributed by atoms with Gasteiger partial charge >= 0.3 is 11.9 Å². The van der Waals surface area contributed by atoms with Crippen molar-refractivity contribution in [2.45, 2.75) is 12.3 Å². The summed E-state index contributed by atoms with van der Waals surface area (Å²) in [5.41, 5.74) is 6.28. The van der Waals surface area contributed by atoms with E-state index in [1.165, 1.54) is 18.0 Å². The zero-order valence-corrected chi connectivity index (χ0v) is 9.71. The molecule has 17 heavy (non-hydrogen) atoms. The monoisotopic (exact) mass is 241 g/mol. The molecule has 0 aliphatic rings. The van der Waals surface area contributed by atoms with E-state index in [1.54, 1.807) is 7.05 Å². The SMILES string of the molecule is COC(=O)c1cnn(C)c1C(CN)CC(=O)O. The Labute approximate surface area is 98.2 Å². The van der Waals surface area contributed by atoms with Gasteiger partial charge in [-0.3, -0.25) is 9.48 Å². The van der Waals surface area contributed by atoms with Gasteiger partial charge in [0.1, 0.15) is 5.56 Å². The zero-order chi connectivity index (χ0) is 13.0. The van der Waals surface area contributed by atoms with Gasteiger partial charge in [0.05, 0.1) is 25.4 Å². The number of hydrogen-bond acceptors (Lipinski definition) is 5. The number of carbonyl (C=O) groups is 2. The molecule has 0 aliphatic carbocycles. The number of carboxylic acids is 1. The second-order valence-corrected chi connectivity index (χ2v) is 3.59. The number of nitrogens with zero attached hydrogens (tertiary/aromatic N) is 2. The number of aliphatic carboxylic acids is 1. The van der Waals surface area contributed by atoms with Crippen molar-refractivity contribution >= 4 is 11.9 Å².